The molecule has 0 aliphatic carbocycles. The molecule has 6 atom stereocenters. The Labute approximate surface area is 472 Å². The number of nitrogens with zero attached hydrogens (tertiary/aromatic N) is 7. The molecular formula is C48H66ClF3N8O20P2. The number of aromatic nitrogens is 7. The van der Waals surface area contributed by atoms with Crippen LogP contribution in [0.2, 0.25) is 5.28 Å². The molecule has 456 valence electrons. The van der Waals surface area contributed by atoms with Gasteiger partial charge in [0.2, 0.25) is 11.0 Å². The van der Waals surface area contributed by atoms with Gasteiger partial charge in [-0.1, -0.05) is 35.5 Å². The molecule has 0 spiro atoms. The first-order chi connectivity index (χ1) is 39.5. The number of aliphatic hydroxyl groups excluding tert-OH is 2. The number of hydrogen-bond donors (Lipinski definition) is 6. The maximum Gasteiger partial charge on any atom is 0.340 e. The van der Waals surface area contributed by atoms with Gasteiger partial charge >= 0.3 is 21.2 Å². The van der Waals surface area contributed by atoms with Crippen LogP contribution in [0.4, 0.5) is 19.0 Å². The smallest absolute Gasteiger partial charge is 0.340 e. The molecule has 0 bridgehead atoms. The number of esters is 1. The zero-order valence-electron chi connectivity index (χ0n) is 44.2. The Morgan fingerprint density at radius 1 is 0.744 bits per heavy atom. The van der Waals surface area contributed by atoms with Gasteiger partial charge in [-0.05, 0) is 23.6 Å². The van der Waals surface area contributed by atoms with Crippen molar-refractivity contribution >= 4 is 49.6 Å². The summed E-state index contributed by atoms with van der Waals surface area (Å²) < 4.78 is 132. The molecule has 4 heterocycles. The van der Waals surface area contributed by atoms with Gasteiger partial charge in [0, 0.05) is 18.7 Å². The van der Waals surface area contributed by atoms with Gasteiger partial charge in [0.15, 0.2) is 29.4 Å². The van der Waals surface area contributed by atoms with Crippen LogP contribution in [0.1, 0.15) is 36.4 Å². The van der Waals surface area contributed by atoms with Crippen LogP contribution in [0.25, 0.3) is 11.0 Å². The second-order valence-corrected chi connectivity index (χ2v) is 22.0. The van der Waals surface area contributed by atoms with Gasteiger partial charge in [-0.3, -0.25) is 13.9 Å². The van der Waals surface area contributed by atoms with Crippen LogP contribution in [0.15, 0.2) is 54.9 Å². The molecule has 0 amide bonds. The van der Waals surface area contributed by atoms with E-state index in [1.54, 1.807) is 10.9 Å². The van der Waals surface area contributed by atoms with Gasteiger partial charge in [-0.2, -0.15) is 15.1 Å². The third-order valence-electron chi connectivity index (χ3n) is 11.4. The summed E-state index contributed by atoms with van der Waals surface area (Å²) in [7, 11) is -9.68. The maximum absolute atomic E-state index is 13.6. The summed E-state index contributed by atoms with van der Waals surface area (Å²) in [6, 6.07) is 10.0. The third kappa shape index (κ3) is 23.4. The Bertz CT molecular complexity index is 2770. The molecule has 5 aromatic rings. The lowest BCUT2D eigenvalue weighted by Gasteiger charge is -2.21. The summed E-state index contributed by atoms with van der Waals surface area (Å²) in [5, 5.41) is 37.6. The Balaban J connectivity index is 0.734. The molecule has 3 aromatic heterocycles. The van der Waals surface area contributed by atoms with Crippen molar-refractivity contribution in [2.45, 2.75) is 56.6 Å². The molecule has 0 radical (unpaired) electrons. The first-order valence-corrected chi connectivity index (χ1v) is 29.6. The number of ether oxygens (including phenoxy) is 11. The van der Waals surface area contributed by atoms with Crippen molar-refractivity contribution in [1.82, 2.24) is 34.7 Å². The quantitative estimate of drug-likeness (QED) is 0.0107. The van der Waals surface area contributed by atoms with Gasteiger partial charge in [0.05, 0.1) is 156 Å². The Kier molecular flexibility index (Phi) is 28.3. The number of anilines is 1. The zero-order chi connectivity index (χ0) is 58.7. The first-order valence-electron chi connectivity index (χ1n) is 25.6. The van der Waals surface area contributed by atoms with Crippen molar-refractivity contribution in [2.24, 2.45) is 0 Å². The highest BCUT2D eigenvalue weighted by atomic mass is 35.5. The van der Waals surface area contributed by atoms with Crippen molar-refractivity contribution in [1.29, 1.82) is 0 Å². The molecule has 1 saturated heterocycles. The molecule has 6 N–H and O–H groups in total. The van der Waals surface area contributed by atoms with E-state index < -0.39 is 81.4 Å². The molecule has 6 rings (SSSR count). The van der Waals surface area contributed by atoms with E-state index in [9.17, 15) is 42.2 Å². The van der Waals surface area contributed by atoms with Crippen molar-refractivity contribution < 1.29 is 109 Å². The lowest BCUT2D eigenvalue weighted by atomic mass is 10.0. The zero-order valence-corrected chi connectivity index (χ0v) is 46.8. The number of hydrogen-bond acceptors (Lipinski definition) is 23. The van der Waals surface area contributed by atoms with Gasteiger partial charge in [0.1, 0.15) is 35.6 Å². The first kappa shape index (κ1) is 66.4. The molecular weight excluding hydrogens is 1160 g/mol. The van der Waals surface area contributed by atoms with E-state index in [0.29, 0.717) is 134 Å². The minimum Gasteiger partial charge on any atom is -0.420 e. The van der Waals surface area contributed by atoms with Crippen LogP contribution in [0.5, 0.6) is 5.75 Å². The largest absolute Gasteiger partial charge is 0.420 e. The number of rotatable bonds is 42. The molecule has 82 heavy (non-hydrogen) atoms. The van der Waals surface area contributed by atoms with Crippen molar-refractivity contribution in [3.63, 3.8) is 0 Å². The fourth-order valence-electron chi connectivity index (χ4n) is 7.54. The number of fused-ring (bicyclic) bond motifs is 1. The van der Waals surface area contributed by atoms with E-state index >= 15 is 0 Å². The molecule has 2 aromatic carbocycles. The van der Waals surface area contributed by atoms with Crippen molar-refractivity contribution in [3.05, 3.63) is 88.9 Å². The van der Waals surface area contributed by atoms with E-state index in [1.807, 2.05) is 30.3 Å². The highest BCUT2D eigenvalue weighted by Crippen LogP contribution is 2.55. The summed E-state index contributed by atoms with van der Waals surface area (Å²) in [5.74, 6) is -6.80. The maximum atomic E-state index is 13.6. The van der Waals surface area contributed by atoms with Gasteiger partial charge in [-0.15, -0.1) is 5.10 Å². The average Bonchev–Trinajstić information content (AvgIpc) is 4.35. The van der Waals surface area contributed by atoms with E-state index in [2.05, 4.69) is 35.4 Å². The second kappa shape index (κ2) is 34.9. The number of benzene rings is 2. The number of carbonyl (C=O) groups is 1. The predicted octanol–water partition coefficient (Wildman–Crippen LogP) is 3.33. The monoisotopic (exact) mass is 1230 g/mol. The summed E-state index contributed by atoms with van der Waals surface area (Å²) in [4.78, 5) is 48.4. The standard InChI is InChI=1S/C48H66ClF3N8O20P2/c49-48-55-45(36-28-53-60(46(36)56-48)47-43(63)42(62)40(79-47)31-78-82(67,68)32-81(64,65)66)54-39(33-4-2-1-3-5-33)6-9-69-12-15-72-19-21-75-22-23-76-24-25-77-30-35-29-59(58-57-35)8-11-71-14-17-74-20-18-73-16-13-70-10-7-41(61)80-44-37(51)26-34(50)27-38(44)52/h1-5,26-29,39-40,42-43,47,62-63H,6-25,30-32H2,(H,67,68)(H,54,55,56)(H2,64,65,66)/t39?,40-,42-,43-,47-/m1/s1. The average molecular weight is 1230 g/mol. The van der Waals surface area contributed by atoms with E-state index in [4.69, 9.17) is 73.3 Å². The van der Waals surface area contributed by atoms with Crippen LogP contribution < -0.4 is 10.1 Å². The predicted molar refractivity (Wildman–Crippen MR) is 279 cm³/mol. The minimum atomic E-state index is -4.91. The number of nitrogens with one attached hydrogen (secondary N) is 1. The van der Waals surface area contributed by atoms with Crippen LogP contribution in [-0.4, -0.2) is 209 Å². The summed E-state index contributed by atoms with van der Waals surface area (Å²) in [6.07, 6.45) is -2.62. The Hall–Kier alpha value is -4.70. The molecule has 2 unspecified atom stereocenters. The molecule has 1 aliphatic heterocycles. The van der Waals surface area contributed by atoms with Gasteiger partial charge in [0.25, 0.3) is 0 Å². The van der Waals surface area contributed by atoms with Crippen molar-refractivity contribution in [3.8, 4) is 5.75 Å². The SMILES string of the molecule is O=C(CCOCCOCCOCCOCCn1cc(COCCOCCOCCOCCOCCC(Nc2nc(Cl)nc3c2cnn3[C@@H]2O[C@H](COP(=O)(O)CP(=O)(O)O)[C@@H](O)[C@H]2O)c2ccccc2)nn1)Oc1c(F)cc(F)cc1F. The normalized spacial score (nSPS) is 17.6. The van der Waals surface area contributed by atoms with Crippen LogP contribution >= 0.6 is 26.8 Å². The van der Waals surface area contributed by atoms with Crippen LogP contribution in [-0.2, 0) is 79.0 Å². The van der Waals surface area contributed by atoms with E-state index in [1.165, 1.54) is 6.20 Å². The molecule has 0 saturated carbocycles. The van der Waals surface area contributed by atoms with Crippen molar-refractivity contribution in [2.75, 3.05) is 130 Å². The third-order valence-corrected chi connectivity index (χ3v) is 15.0. The molecule has 1 fully saturated rings. The topological polar surface area (TPSA) is 349 Å². The van der Waals surface area contributed by atoms with Gasteiger partial charge < -0.3 is 86.8 Å². The number of halogens is 4. The highest BCUT2D eigenvalue weighted by molar-refractivity contribution is 7.70. The summed E-state index contributed by atoms with van der Waals surface area (Å²) >= 11 is 6.37. The Morgan fingerprint density at radius 3 is 1.90 bits per heavy atom. The summed E-state index contributed by atoms with van der Waals surface area (Å²) in [6.45, 7) is 5.19. The summed E-state index contributed by atoms with van der Waals surface area (Å²) in [5.41, 5.74) is 1.69. The lowest BCUT2D eigenvalue weighted by molar-refractivity contribution is -0.136. The Morgan fingerprint density at radius 2 is 1.30 bits per heavy atom. The molecule has 28 nitrogen and oxygen atoms in total. The van der Waals surface area contributed by atoms with Gasteiger partial charge in [-0.25, -0.2) is 22.5 Å². The lowest BCUT2D eigenvalue weighted by Crippen LogP contribution is -2.33. The van der Waals surface area contributed by atoms with Crippen LogP contribution in [0.3, 0.4) is 0 Å². The molecule has 1 aliphatic rings. The second-order valence-electron chi connectivity index (χ2n) is 17.7. The fraction of sp³-hybridized carbons (Fsp3) is 0.583. The number of carbonyl (C=O) groups excluding carboxylic acids is 1. The molecule has 34 heteroatoms. The van der Waals surface area contributed by atoms with E-state index in [-0.39, 0.29) is 49.8 Å². The highest BCUT2D eigenvalue weighted by Gasteiger charge is 2.46. The number of aliphatic hydroxyl groups is 2. The van der Waals surface area contributed by atoms with E-state index in [0.717, 1.165) is 10.2 Å². The fourth-order valence-corrected chi connectivity index (χ4v) is 10.3. The minimum absolute atomic E-state index is 0.0637. The van der Waals surface area contributed by atoms with Crippen LogP contribution in [0, 0.1) is 17.5 Å².